The lowest BCUT2D eigenvalue weighted by Crippen LogP contribution is -2.67. The molecule has 4 nitrogen and oxygen atoms in total. The summed E-state index contributed by atoms with van der Waals surface area (Å²) in [5.74, 6) is 1.41. The number of methoxy groups -OCH3 is 1. The Bertz CT molecular complexity index is 461. The van der Waals surface area contributed by atoms with Crippen molar-refractivity contribution >= 4 is 11.6 Å². The minimum Gasteiger partial charge on any atom is -0.381 e. The van der Waals surface area contributed by atoms with Crippen LogP contribution >= 0.6 is 11.6 Å². The quantitative estimate of drug-likeness (QED) is 0.560. The van der Waals surface area contributed by atoms with E-state index in [0.29, 0.717) is 41.6 Å². The van der Waals surface area contributed by atoms with Gasteiger partial charge >= 0.3 is 0 Å². The van der Waals surface area contributed by atoms with Crippen LogP contribution in [0.5, 0.6) is 0 Å². The summed E-state index contributed by atoms with van der Waals surface area (Å²) in [7, 11) is 1.89. The van der Waals surface area contributed by atoms with Gasteiger partial charge in [-0.1, -0.05) is 13.8 Å². The molecule has 7 unspecified atom stereocenters. The van der Waals surface area contributed by atoms with Gasteiger partial charge in [0.25, 0.3) is 0 Å². The number of halogens is 1. The second-order valence-electron chi connectivity index (χ2n) is 9.55. The topological polar surface area (TPSA) is 36.5 Å². The standard InChI is InChI=1S/C23H44ClN3O/c1-5-27(6-2)13-7-8-16(3)25-23-19-11-9-17(24)14-22(19)26-21-12-10-18(28-4)15-20(21)23/h16-23,25-26H,5-15H2,1-4H3/t16-,17?,18?,19?,20?,21?,22?,23?/m1/s1. The third-order valence-corrected chi connectivity index (χ3v) is 8.25. The highest BCUT2D eigenvalue weighted by atomic mass is 35.5. The lowest BCUT2D eigenvalue weighted by Gasteiger charge is -2.54. The van der Waals surface area contributed by atoms with E-state index in [9.17, 15) is 0 Å². The van der Waals surface area contributed by atoms with Gasteiger partial charge in [0.1, 0.15) is 0 Å². The van der Waals surface area contributed by atoms with E-state index in [-0.39, 0.29) is 0 Å². The number of rotatable bonds is 9. The van der Waals surface area contributed by atoms with E-state index in [4.69, 9.17) is 16.3 Å². The Morgan fingerprint density at radius 1 is 1.07 bits per heavy atom. The molecule has 0 aromatic heterocycles. The zero-order valence-corrected chi connectivity index (χ0v) is 19.4. The van der Waals surface area contributed by atoms with Crippen LogP contribution in [-0.2, 0) is 4.74 Å². The average molecular weight is 414 g/mol. The average Bonchev–Trinajstić information content (AvgIpc) is 2.70. The number of fused-ring (bicyclic) bond motifs is 2. The molecular formula is C23H44ClN3O. The highest BCUT2D eigenvalue weighted by Gasteiger charge is 2.48. The molecule has 8 atom stereocenters. The zero-order chi connectivity index (χ0) is 20.1. The van der Waals surface area contributed by atoms with Crippen molar-refractivity contribution in [3.8, 4) is 0 Å². The number of hydrogen-bond donors (Lipinski definition) is 2. The molecule has 164 valence electrons. The first-order valence-corrected chi connectivity index (χ1v) is 12.4. The molecule has 0 aromatic rings. The molecule has 2 aliphatic carbocycles. The van der Waals surface area contributed by atoms with Crippen molar-refractivity contribution in [2.75, 3.05) is 26.7 Å². The van der Waals surface area contributed by atoms with Crippen molar-refractivity contribution < 1.29 is 4.74 Å². The van der Waals surface area contributed by atoms with Gasteiger partial charge in [-0.3, -0.25) is 0 Å². The first-order chi connectivity index (χ1) is 13.5. The van der Waals surface area contributed by atoms with E-state index in [2.05, 4.69) is 36.3 Å². The number of hydrogen-bond acceptors (Lipinski definition) is 4. The molecule has 1 aliphatic heterocycles. The van der Waals surface area contributed by atoms with Gasteiger partial charge < -0.3 is 20.3 Å². The maximum Gasteiger partial charge on any atom is 0.0575 e. The fraction of sp³-hybridized carbons (Fsp3) is 1.00. The van der Waals surface area contributed by atoms with E-state index in [1.165, 1.54) is 51.5 Å². The monoisotopic (exact) mass is 413 g/mol. The molecule has 5 heteroatoms. The Labute approximate surface area is 178 Å². The third kappa shape index (κ3) is 5.63. The predicted octanol–water partition coefficient (Wildman–Crippen LogP) is 4.02. The molecule has 1 saturated heterocycles. The lowest BCUT2D eigenvalue weighted by molar-refractivity contribution is -0.0162. The molecule has 28 heavy (non-hydrogen) atoms. The Kier molecular flexibility index (Phi) is 8.92. The van der Waals surface area contributed by atoms with E-state index in [1.54, 1.807) is 0 Å². The van der Waals surface area contributed by atoms with E-state index in [0.717, 1.165) is 25.4 Å². The molecule has 2 N–H and O–H groups in total. The predicted molar refractivity (Wildman–Crippen MR) is 119 cm³/mol. The lowest BCUT2D eigenvalue weighted by atomic mass is 9.65. The summed E-state index contributed by atoms with van der Waals surface area (Å²) in [5.41, 5.74) is 0. The van der Waals surface area contributed by atoms with Crippen LogP contribution < -0.4 is 10.6 Å². The maximum atomic E-state index is 6.55. The summed E-state index contributed by atoms with van der Waals surface area (Å²) in [6.45, 7) is 10.5. The Morgan fingerprint density at radius 3 is 2.57 bits per heavy atom. The van der Waals surface area contributed by atoms with E-state index in [1.807, 2.05) is 7.11 Å². The SMILES string of the molecule is CCN(CC)CCC[C@@H](C)NC1C2CCC(Cl)CC2NC2CCC(OC)CC21. The van der Waals surface area contributed by atoms with Gasteiger partial charge in [-0.05, 0) is 89.8 Å². The third-order valence-electron chi connectivity index (χ3n) is 7.86. The van der Waals surface area contributed by atoms with Crippen molar-refractivity contribution in [2.24, 2.45) is 11.8 Å². The van der Waals surface area contributed by atoms with Gasteiger partial charge in [0.05, 0.1) is 6.10 Å². The summed E-state index contributed by atoms with van der Waals surface area (Å²) in [6, 6.07) is 2.42. The second kappa shape index (κ2) is 10.9. The Hall–Kier alpha value is 0.130. The van der Waals surface area contributed by atoms with Crippen LogP contribution in [0.3, 0.4) is 0 Å². The molecule has 0 aromatic carbocycles. The minimum atomic E-state index is 0.354. The van der Waals surface area contributed by atoms with E-state index >= 15 is 0 Å². The molecule has 0 amide bonds. The Morgan fingerprint density at radius 2 is 1.86 bits per heavy atom. The normalized spacial score (nSPS) is 39.4. The van der Waals surface area contributed by atoms with Crippen molar-refractivity contribution in [3.05, 3.63) is 0 Å². The fourth-order valence-electron chi connectivity index (χ4n) is 6.16. The Balaban J connectivity index is 1.62. The van der Waals surface area contributed by atoms with Crippen LogP contribution in [0.2, 0.25) is 0 Å². The molecule has 1 heterocycles. The molecule has 0 spiro atoms. The molecule has 0 bridgehead atoms. The summed E-state index contributed by atoms with van der Waals surface area (Å²) < 4.78 is 5.78. The minimum absolute atomic E-state index is 0.354. The van der Waals surface area contributed by atoms with Gasteiger partial charge in [-0.2, -0.15) is 0 Å². The highest BCUT2D eigenvalue weighted by molar-refractivity contribution is 6.20. The number of ether oxygens (including phenoxy) is 1. The van der Waals surface area contributed by atoms with Crippen LogP contribution in [-0.4, -0.2) is 67.3 Å². The van der Waals surface area contributed by atoms with Crippen molar-refractivity contribution in [2.45, 2.75) is 108 Å². The molecule has 3 aliphatic rings. The van der Waals surface area contributed by atoms with Crippen LogP contribution in [0.1, 0.15) is 72.1 Å². The number of nitrogens with zero attached hydrogens (tertiary/aromatic N) is 1. The van der Waals surface area contributed by atoms with Gasteiger partial charge in [0, 0.05) is 36.7 Å². The second-order valence-corrected chi connectivity index (χ2v) is 10.2. The van der Waals surface area contributed by atoms with Crippen LogP contribution in [0.15, 0.2) is 0 Å². The van der Waals surface area contributed by atoms with Gasteiger partial charge in [-0.25, -0.2) is 0 Å². The fourth-order valence-corrected chi connectivity index (χ4v) is 6.48. The molecule has 2 saturated carbocycles. The largest absolute Gasteiger partial charge is 0.381 e. The van der Waals surface area contributed by atoms with Crippen molar-refractivity contribution in [3.63, 3.8) is 0 Å². The zero-order valence-electron chi connectivity index (χ0n) is 18.6. The summed E-state index contributed by atoms with van der Waals surface area (Å²) in [6.07, 6.45) is 10.2. The molecule has 3 rings (SSSR count). The van der Waals surface area contributed by atoms with Gasteiger partial charge in [0.15, 0.2) is 0 Å². The van der Waals surface area contributed by atoms with Crippen LogP contribution in [0.25, 0.3) is 0 Å². The van der Waals surface area contributed by atoms with E-state index < -0.39 is 0 Å². The molecular weight excluding hydrogens is 370 g/mol. The number of nitrogens with one attached hydrogen (secondary N) is 2. The number of piperidine rings is 1. The summed E-state index contributed by atoms with van der Waals surface area (Å²) >= 11 is 6.55. The van der Waals surface area contributed by atoms with Crippen LogP contribution in [0.4, 0.5) is 0 Å². The summed E-state index contributed by atoms with van der Waals surface area (Å²) in [4.78, 5) is 2.54. The highest BCUT2D eigenvalue weighted by Crippen LogP contribution is 2.42. The van der Waals surface area contributed by atoms with Crippen molar-refractivity contribution in [1.82, 2.24) is 15.5 Å². The van der Waals surface area contributed by atoms with Gasteiger partial charge in [-0.15, -0.1) is 11.6 Å². The van der Waals surface area contributed by atoms with Gasteiger partial charge in [0.2, 0.25) is 0 Å². The maximum absolute atomic E-state index is 6.55. The smallest absolute Gasteiger partial charge is 0.0575 e. The number of alkyl halides is 1. The van der Waals surface area contributed by atoms with Crippen molar-refractivity contribution in [1.29, 1.82) is 0 Å². The molecule has 0 radical (unpaired) electrons. The molecule has 3 fully saturated rings. The first kappa shape index (κ1) is 22.8. The van der Waals surface area contributed by atoms with Crippen LogP contribution in [0, 0.1) is 11.8 Å². The summed E-state index contributed by atoms with van der Waals surface area (Å²) in [5, 5.41) is 8.51. The first-order valence-electron chi connectivity index (χ1n) is 12.0.